The zero-order valence-corrected chi connectivity index (χ0v) is 9.33. The molecule has 4 heteroatoms. The molecule has 4 nitrogen and oxygen atoms in total. The molecule has 1 atom stereocenters. The standard InChI is InChI=1S/C11H16N4/c1-7(13)6-14-11-4-8(2)15-9(3)10(11)5-12/h4,7H,6,13H2,1-3H3,(H,14,15). The number of nitrogens with two attached hydrogens (primary N) is 1. The van der Waals surface area contributed by atoms with Crippen LogP contribution in [0.5, 0.6) is 0 Å². The Bertz CT molecular complexity index is 390. The highest BCUT2D eigenvalue weighted by molar-refractivity contribution is 5.59. The highest BCUT2D eigenvalue weighted by atomic mass is 14.9. The van der Waals surface area contributed by atoms with E-state index < -0.39 is 0 Å². The summed E-state index contributed by atoms with van der Waals surface area (Å²) in [5.74, 6) is 0. The quantitative estimate of drug-likeness (QED) is 0.778. The molecule has 0 saturated heterocycles. The van der Waals surface area contributed by atoms with E-state index in [4.69, 9.17) is 11.0 Å². The van der Waals surface area contributed by atoms with Crippen molar-refractivity contribution < 1.29 is 0 Å². The number of hydrogen-bond acceptors (Lipinski definition) is 4. The summed E-state index contributed by atoms with van der Waals surface area (Å²) in [7, 11) is 0. The second kappa shape index (κ2) is 4.76. The molecule has 1 aromatic rings. The van der Waals surface area contributed by atoms with Crippen LogP contribution >= 0.6 is 0 Å². The van der Waals surface area contributed by atoms with Gasteiger partial charge < -0.3 is 11.1 Å². The first-order valence-electron chi connectivity index (χ1n) is 4.92. The van der Waals surface area contributed by atoms with E-state index in [2.05, 4.69) is 16.4 Å². The van der Waals surface area contributed by atoms with Gasteiger partial charge in [0.2, 0.25) is 0 Å². The SMILES string of the molecule is Cc1cc(NCC(C)N)c(C#N)c(C)n1. The molecule has 1 aromatic heterocycles. The molecule has 0 amide bonds. The molecule has 0 aliphatic heterocycles. The van der Waals surface area contributed by atoms with Crippen molar-refractivity contribution in [3.63, 3.8) is 0 Å². The molecule has 0 radical (unpaired) electrons. The lowest BCUT2D eigenvalue weighted by atomic mass is 10.1. The highest BCUT2D eigenvalue weighted by Gasteiger charge is 2.07. The van der Waals surface area contributed by atoms with Crippen LogP contribution in [-0.2, 0) is 0 Å². The largest absolute Gasteiger partial charge is 0.382 e. The Morgan fingerprint density at radius 1 is 1.60 bits per heavy atom. The van der Waals surface area contributed by atoms with Crippen LogP contribution in [-0.4, -0.2) is 17.6 Å². The Morgan fingerprint density at radius 2 is 2.27 bits per heavy atom. The second-order valence-electron chi connectivity index (χ2n) is 3.74. The third-order valence-electron chi connectivity index (χ3n) is 2.05. The van der Waals surface area contributed by atoms with Crippen molar-refractivity contribution in [2.75, 3.05) is 11.9 Å². The molecule has 0 saturated carbocycles. The Kier molecular flexibility index (Phi) is 3.64. The number of nitrogens with zero attached hydrogens (tertiary/aromatic N) is 2. The topological polar surface area (TPSA) is 74.7 Å². The summed E-state index contributed by atoms with van der Waals surface area (Å²) in [4.78, 5) is 4.24. The molecule has 1 unspecified atom stereocenters. The lowest BCUT2D eigenvalue weighted by Crippen LogP contribution is -2.25. The van der Waals surface area contributed by atoms with Crippen LogP contribution in [0, 0.1) is 25.2 Å². The Morgan fingerprint density at radius 3 is 2.80 bits per heavy atom. The van der Waals surface area contributed by atoms with Crippen LogP contribution in [0.2, 0.25) is 0 Å². The molecule has 0 bridgehead atoms. The zero-order valence-electron chi connectivity index (χ0n) is 9.33. The molecule has 3 N–H and O–H groups in total. The number of rotatable bonds is 3. The number of pyridine rings is 1. The van der Waals surface area contributed by atoms with E-state index in [1.54, 1.807) is 0 Å². The number of aryl methyl sites for hydroxylation is 2. The molecule has 0 fully saturated rings. The van der Waals surface area contributed by atoms with E-state index >= 15 is 0 Å². The van der Waals surface area contributed by atoms with Gasteiger partial charge in [0.05, 0.1) is 16.9 Å². The van der Waals surface area contributed by atoms with Gasteiger partial charge in [-0.3, -0.25) is 4.98 Å². The van der Waals surface area contributed by atoms with Gasteiger partial charge in [0.25, 0.3) is 0 Å². The monoisotopic (exact) mass is 204 g/mol. The number of anilines is 1. The average molecular weight is 204 g/mol. The van der Waals surface area contributed by atoms with Crippen LogP contribution in [0.3, 0.4) is 0 Å². The number of nitriles is 1. The minimum atomic E-state index is 0.0605. The van der Waals surface area contributed by atoms with E-state index in [-0.39, 0.29) is 6.04 Å². The predicted octanol–water partition coefficient (Wildman–Crippen LogP) is 1.33. The summed E-state index contributed by atoms with van der Waals surface area (Å²) in [5, 5.41) is 12.2. The summed E-state index contributed by atoms with van der Waals surface area (Å²) >= 11 is 0. The van der Waals surface area contributed by atoms with E-state index in [0.717, 1.165) is 17.1 Å². The smallest absolute Gasteiger partial charge is 0.103 e. The van der Waals surface area contributed by atoms with Crippen LogP contribution in [0.25, 0.3) is 0 Å². The summed E-state index contributed by atoms with van der Waals surface area (Å²) < 4.78 is 0. The second-order valence-corrected chi connectivity index (χ2v) is 3.74. The molecule has 15 heavy (non-hydrogen) atoms. The maximum atomic E-state index is 8.99. The normalized spacial score (nSPS) is 11.9. The van der Waals surface area contributed by atoms with E-state index in [9.17, 15) is 0 Å². The highest BCUT2D eigenvalue weighted by Crippen LogP contribution is 2.18. The fraction of sp³-hybridized carbons (Fsp3) is 0.455. The maximum Gasteiger partial charge on any atom is 0.103 e. The lowest BCUT2D eigenvalue weighted by Gasteiger charge is -2.12. The van der Waals surface area contributed by atoms with Gasteiger partial charge in [-0.25, -0.2) is 0 Å². The Balaban J connectivity index is 3.00. The fourth-order valence-corrected chi connectivity index (χ4v) is 1.38. The summed E-state index contributed by atoms with van der Waals surface area (Å²) in [5.41, 5.74) is 8.72. The van der Waals surface area contributed by atoms with Crippen LogP contribution in [0.15, 0.2) is 6.07 Å². The molecule has 1 rings (SSSR count). The van der Waals surface area contributed by atoms with Crippen molar-refractivity contribution in [3.05, 3.63) is 23.0 Å². The molecule has 0 spiro atoms. The number of nitrogens with one attached hydrogen (secondary N) is 1. The third-order valence-corrected chi connectivity index (χ3v) is 2.05. The third kappa shape index (κ3) is 2.93. The lowest BCUT2D eigenvalue weighted by molar-refractivity contribution is 0.779. The van der Waals surface area contributed by atoms with Crippen molar-refractivity contribution in [1.29, 1.82) is 5.26 Å². The number of hydrogen-bond donors (Lipinski definition) is 2. The molecule has 0 aliphatic rings. The van der Waals surface area contributed by atoms with Gasteiger partial charge in [0.1, 0.15) is 6.07 Å². The predicted molar refractivity (Wildman–Crippen MR) is 60.6 cm³/mol. The summed E-state index contributed by atoms with van der Waals surface area (Å²) in [6, 6.07) is 4.08. The van der Waals surface area contributed by atoms with Crippen LogP contribution < -0.4 is 11.1 Å². The first kappa shape index (κ1) is 11.5. The maximum absolute atomic E-state index is 8.99. The minimum absolute atomic E-state index is 0.0605. The van der Waals surface area contributed by atoms with Gasteiger partial charge in [-0.2, -0.15) is 5.26 Å². The zero-order chi connectivity index (χ0) is 11.4. The first-order chi connectivity index (χ1) is 7.04. The van der Waals surface area contributed by atoms with Crippen molar-refractivity contribution in [2.45, 2.75) is 26.8 Å². The van der Waals surface area contributed by atoms with Crippen LogP contribution in [0.4, 0.5) is 5.69 Å². The summed E-state index contributed by atoms with van der Waals surface area (Å²) in [6.07, 6.45) is 0. The van der Waals surface area contributed by atoms with E-state index in [1.807, 2.05) is 26.8 Å². The van der Waals surface area contributed by atoms with Gasteiger partial charge in [-0.05, 0) is 26.8 Å². The first-order valence-corrected chi connectivity index (χ1v) is 4.92. The van der Waals surface area contributed by atoms with Gasteiger partial charge in [0, 0.05) is 18.3 Å². The van der Waals surface area contributed by atoms with Gasteiger partial charge >= 0.3 is 0 Å². The minimum Gasteiger partial charge on any atom is -0.382 e. The van der Waals surface area contributed by atoms with Crippen molar-refractivity contribution in [3.8, 4) is 6.07 Å². The molecule has 80 valence electrons. The molecule has 0 aromatic carbocycles. The molecule has 0 aliphatic carbocycles. The molecular formula is C11H16N4. The van der Waals surface area contributed by atoms with Crippen molar-refractivity contribution >= 4 is 5.69 Å². The number of aromatic nitrogens is 1. The van der Waals surface area contributed by atoms with E-state index in [0.29, 0.717) is 12.1 Å². The van der Waals surface area contributed by atoms with Gasteiger partial charge in [0.15, 0.2) is 0 Å². The van der Waals surface area contributed by atoms with Crippen molar-refractivity contribution in [1.82, 2.24) is 4.98 Å². The molecule has 1 heterocycles. The fourth-order valence-electron chi connectivity index (χ4n) is 1.38. The average Bonchev–Trinajstić information content (AvgIpc) is 2.13. The van der Waals surface area contributed by atoms with Gasteiger partial charge in [-0.1, -0.05) is 0 Å². The van der Waals surface area contributed by atoms with E-state index in [1.165, 1.54) is 0 Å². The summed E-state index contributed by atoms with van der Waals surface area (Å²) in [6.45, 7) is 6.31. The molecular weight excluding hydrogens is 188 g/mol. The Labute approximate surface area is 90.1 Å². The van der Waals surface area contributed by atoms with Crippen molar-refractivity contribution in [2.24, 2.45) is 5.73 Å². The van der Waals surface area contributed by atoms with Crippen LogP contribution in [0.1, 0.15) is 23.9 Å². The Hall–Kier alpha value is -1.60. The van der Waals surface area contributed by atoms with Gasteiger partial charge in [-0.15, -0.1) is 0 Å².